The first kappa shape index (κ1) is 15.1. The molecule has 0 saturated heterocycles. The van der Waals surface area contributed by atoms with Crippen molar-refractivity contribution >= 4 is 42.8 Å². The van der Waals surface area contributed by atoms with Crippen LogP contribution in [0.1, 0.15) is 0 Å². The molecule has 0 atom stereocenters. The molecule has 1 N–H and O–H groups in total. The highest BCUT2D eigenvalue weighted by molar-refractivity contribution is 9.11. The van der Waals surface area contributed by atoms with E-state index < -0.39 is 0 Å². The second-order valence-electron chi connectivity index (χ2n) is 4.60. The third-order valence-corrected chi connectivity index (χ3v) is 4.64. The molecular weight excluding hydrogens is 416 g/mol. The monoisotopic (exact) mass is 424 g/mol. The molecule has 0 amide bonds. The molecule has 0 bridgehead atoms. The summed E-state index contributed by atoms with van der Waals surface area (Å²) in [4.78, 5) is 12.3. The van der Waals surface area contributed by atoms with Gasteiger partial charge in [0.25, 0.3) is 0 Å². The summed E-state index contributed by atoms with van der Waals surface area (Å²) in [5.74, 6) is 1.14. The van der Waals surface area contributed by atoms with E-state index in [0.717, 1.165) is 11.3 Å². The molecule has 0 fully saturated rings. The van der Waals surface area contributed by atoms with Crippen molar-refractivity contribution in [1.29, 1.82) is 0 Å². The minimum atomic E-state index is -0.234. The van der Waals surface area contributed by atoms with E-state index in [2.05, 4.69) is 31.9 Å². The summed E-state index contributed by atoms with van der Waals surface area (Å²) in [5.41, 5.74) is 0.914. The summed E-state index contributed by atoms with van der Waals surface area (Å²) in [7, 11) is 1.59. The van der Waals surface area contributed by atoms with Crippen LogP contribution in [0.25, 0.3) is 22.3 Å². The van der Waals surface area contributed by atoms with Gasteiger partial charge in [0.05, 0.1) is 21.4 Å². The quantitative estimate of drug-likeness (QED) is 0.646. The zero-order valence-corrected chi connectivity index (χ0v) is 14.6. The van der Waals surface area contributed by atoms with Crippen LogP contribution in [0.15, 0.2) is 54.6 Å². The molecule has 0 aliphatic rings. The Morgan fingerprint density at radius 3 is 2.45 bits per heavy atom. The van der Waals surface area contributed by atoms with Crippen molar-refractivity contribution in [3.8, 4) is 22.8 Å². The normalized spacial score (nSPS) is 10.9. The van der Waals surface area contributed by atoms with Crippen LogP contribution in [0.5, 0.6) is 11.5 Å². The van der Waals surface area contributed by atoms with Gasteiger partial charge < -0.3 is 14.3 Å². The second-order valence-corrected chi connectivity index (χ2v) is 6.24. The predicted octanol–water partition coefficient (Wildman–Crippen LogP) is 4.70. The van der Waals surface area contributed by atoms with Crippen molar-refractivity contribution in [2.45, 2.75) is 0 Å². The van der Waals surface area contributed by atoms with Gasteiger partial charge >= 0.3 is 0 Å². The van der Waals surface area contributed by atoms with E-state index >= 15 is 0 Å². The van der Waals surface area contributed by atoms with Gasteiger partial charge in [-0.05, 0) is 62.2 Å². The number of hydrogen-bond acceptors (Lipinski definition) is 4. The number of phenolic OH excluding ortho intramolecular Hbond substituents is 1. The molecule has 22 heavy (non-hydrogen) atoms. The lowest BCUT2D eigenvalue weighted by Crippen LogP contribution is -2.01. The first-order valence-corrected chi connectivity index (χ1v) is 7.89. The van der Waals surface area contributed by atoms with Crippen LogP contribution >= 0.6 is 31.9 Å². The van der Waals surface area contributed by atoms with Crippen molar-refractivity contribution in [3.63, 3.8) is 0 Å². The Morgan fingerprint density at radius 2 is 1.82 bits per heavy atom. The van der Waals surface area contributed by atoms with E-state index in [-0.39, 0.29) is 11.2 Å². The van der Waals surface area contributed by atoms with E-state index in [0.29, 0.717) is 25.7 Å². The highest BCUT2D eigenvalue weighted by atomic mass is 79.9. The number of ether oxygens (including phenoxy) is 1. The molecule has 1 aromatic heterocycles. The zero-order chi connectivity index (χ0) is 15.9. The highest BCUT2D eigenvalue weighted by Gasteiger charge is 2.15. The van der Waals surface area contributed by atoms with Crippen LogP contribution in [0.3, 0.4) is 0 Å². The number of fused-ring (bicyclic) bond motifs is 1. The molecule has 0 aliphatic carbocycles. The number of benzene rings is 2. The number of aromatic hydroxyl groups is 1. The van der Waals surface area contributed by atoms with Gasteiger partial charge in [0, 0.05) is 11.6 Å². The smallest absolute Gasteiger partial charge is 0.194 e. The molecule has 0 unspecified atom stereocenters. The summed E-state index contributed by atoms with van der Waals surface area (Å²) >= 11 is 6.46. The van der Waals surface area contributed by atoms with Crippen molar-refractivity contribution < 1.29 is 14.3 Å². The van der Waals surface area contributed by atoms with E-state index in [4.69, 9.17) is 9.15 Å². The first-order chi connectivity index (χ1) is 10.5. The lowest BCUT2D eigenvalue weighted by atomic mass is 10.1. The molecule has 4 nitrogen and oxygen atoms in total. The van der Waals surface area contributed by atoms with E-state index in [1.165, 1.54) is 6.07 Å². The molecule has 3 aromatic rings. The Bertz CT molecular complexity index is 914. The molecular formula is C16H10Br2O4. The average molecular weight is 426 g/mol. The van der Waals surface area contributed by atoms with Crippen LogP contribution in [0.2, 0.25) is 0 Å². The van der Waals surface area contributed by atoms with Crippen LogP contribution in [-0.4, -0.2) is 12.2 Å². The van der Waals surface area contributed by atoms with Crippen molar-refractivity contribution in [1.82, 2.24) is 0 Å². The standard InChI is InChI=1S/C16H10Br2O4/c1-21-9-4-2-8(3-5-9)12-7-11(19)14-13(22-12)6-10(17)16(20)15(14)18/h2-7,20H,1H3. The minimum absolute atomic E-state index is 0.0306. The molecule has 112 valence electrons. The molecule has 0 aliphatic heterocycles. The maximum absolute atomic E-state index is 12.3. The van der Waals surface area contributed by atoms with Crippen molar-refractivity contribution in [2.24, 2.45) is 0 Å². The predicted molar refractivity (Wildman–Crippen MR) is 91.5 cm³/mol. The maximum Gasteiger partial charge on any atom is 0.194 e. The van der Waals surface area contributed by atoms with Crippen LogP contribution in [0.4, 0.5) is 0 Å². The Kier molecular flexibility index (Phi) is 3.97. The largest absolute Gasteiger partial charge is 0.506 e. The third kappa shape index (κ3) is 2.53. The van der Waals surface area contributed by atoms with Crippen molar-refractivity contribution in [3.05, 3.63) is 55.6 Å². The van der Waals surface area contributed by atoms with Crippen molar-refractivity contribution in [2.75, 3.05) is 7.11 Å². The molecule has 0 spiro atoms. The number of hydrogen-bond donors (Lipinski definition) is 1. The van der Waals surface area contributed by atoms with Gasteiger partial charge in [-0.2, -0.15) is 0 Å². The molecule has 1 heterocycles. The minimum Gasteiger partial charge on any atom is -0.506 e. The zero-order valence-electron chi connectivity index (χ0n) is 11.4. The number of methoxy groups -OCH3 is 1. The van der Waals surface area contributed by atoms with Gasteiger partial charge in [-0.3, -0.25) is 4.79 Å². The molecule has 2 aromatic carbocycles. The Morgan fingerprint density at radius 1 is 1.14 bits per heavy atom. The van der Waals surface area contributed by atoms with Crippen LogP contribution in [0, 0.1) is 0 Å². The Hall–Kier alpha value is -1.79. The van der Waals surface area contributed by atoms with Gasteiger partial charge in [0.15, 0.2) is 5.43 Å². The van der Waals surface area contributed by atoms with Gasteiger partial charge in [-0.1, -0.05) is 0 Å². The van der Waals surface area contributed by atoms with Gasteiger partial charge in [0.2, 0.25) is 0 Å². The van der Waals surface area contributed by atoms with Gasteiger partial charge in [0.1, 0.15) is 22.8 Å². The first-order valence-electron chi connectivity index (χ1n) is 6.30. The molecule has 6 heteroatoms. The van der Waals surface area contributed by atoms with Crippen LogP contribution < -0.4 is 10.2 Å². The fraction of sp³-hybridized carbons (Fsp3) is 0.0625. The fourth-order valence-corrected chi connectivity index (χ4v) is 3.41. The number of rotatable bonds is 2. The molecule has 0 saturated carbocycles. The summed E-state index contributed by atoms with van der Waals surface area (Å²) in [6, 6.07) is 10.2. The third-order valence-electron chi connectivity index (χ3n) is 3.26. The summed E-state index contributed by atoms with van der Waals surface area (Å²) < 4.78 is 11.7. The topological polar surface area (TPSA) is 59.7 Å². The highest BCUT2D eigenvalue weighted by Crippen LogP contribution is 2.38. The van der Waals surface area contributed by atoms with E-state index in [1.54, 1.807) is 25.3 Å². The molecule has 0 radical (unpaired) electrons. The van der Waals surface area contributed by atoms with E-state index in [9.17, 15) is 9.90 Å². The van der Waals surface area contributed by atoms with Gasteiger partial charge in [-0.25, -0.2) is 0 Å². The average Bonchev–Trinajstić information content (AvgIpc) is 2.52. The van der Waals surface area contributed by atoms with Gasteiger partial charge in [-0.15, -0.1) is 0 Å². The fourth-order valence-electron chi connectivity index (χ4n) is 2.13. The summed E-state index contributed by atoms with van der Waals surface area (Å²) in [6.45, 7) is 0. The lowest BCUT2D eigenvalue weighted by Gasteiger charge is -2.07. The Balaban J connectivity index is 2.24. The second kappa shape index (κ2) is 5.78. The summed E-state index contributed by atoms with van der Waals surface area (Å²) in [6.07, 6.45) is 0. The maximum atomic E-state index is 12.3. The van der Waals surface area contributed by atoms with Crippen LogP contribution in [-0.2, 0) is 0 Å². The lowest BCUT2D eigenvalue weighted by molar-refractivity contribution is 0.415. The SMILES string of the molecule is COc1ccc(-c2cc(=O)c3c(Br)c(O)c(Br)cc3o2)cc1. The number of halogens is 2. The summed E-state index contributed by atoms with van der Waals surface area (Å²) in [5, 5.41) is 10.2. The Labute approximate surface area is 142 Å². The number of phenols is 1. The van der Waals surface area contributed by atoms with E-state index in [1.807, 2.05) is 12.1 Å². The molecule has 3 rings (SSSR count).